The molecule has 2 aliphatic rings. The molecule has 2 aromatic carbocycles. The molecule has 7 heteroatoms. The van der Waals surface area contributed by atoms with E-state index in [0.717, 1.165) is 37.0 Å². The lowest BCUT2D eigenvalue weighted by molar-refractivity contribution is 0.0000722. The SMILES string of the molecule is COC(=O)c1cc(S(=O)(=O)N[C@H]2CC3(CCCCC3)Oc3ccccc32)ccc1C. The van der Waals surface area contributed by atoms with E-state index in [-0.39, 0.29) is 22.1 Å². The number of ether oxygens (including phenoxy) is 2. The monoisotopic (exact) mass is 429 g/mol. The molecule has 1 spiro atoms. The van der Waals surface area contributed by atoms with Crippen molar-refractivity contribution in [2.75, 3.05) is 7.11 Å². The van der Waals surface area contributed by atoms with E-state index in [1.165, 1.54) is 25.7 Å². The first kappa shape index (κ1) is 20.9. The number of carbonyl (C=O) groups is 1. The van der Waals surface area contributed by atoms with Crippen LogP contribution in [0.25, 0.3) is 0 Å². The van der Waals surface area contributed by atoms with Crippen molar-refractivity contribution in [3.8, 4) is 5.75 Å². The number of rotatable bonds is 4. The van der Waals surface area contributed by atoms with E-state index in [1.54, 1.807) is 13.0 Å². The number of esters is 1. The van der Waals surface area contributed by atoms with E-state index in [2.05, 4.69) is 4.72 Å². The van der Waals surface area contributed by atoms with Crippen molar-refractivity contribution in [3.05, 3.63) is 59.2 Å². The lowest BCUT2D eigenvalue weighted by atomic mass is 9.77. The molecule has 0 radical (unpaired) electrons. The lowest BCUT2D eigenvalue weighted by Gasteiger charge is -2.44. The third kappa shape index (κ3) is 3.96. The Morgan fingerprint density at radius 1 is 1.13 bits per heavy atom. The summed E-state index contributed by atoms with van der Waals surface area (Å²) >= 11 is 0. The van der Waals surface area contributed by atoms with Crippen LogP contribution < -0.4 is 9.46 Å². The van der Waals surface area contributed by atoms with Gasteiger partial charge in [-0.25, -0.2) is 17.9 Å². The summed E-state index contributed by atoms with van der Waals surface area (Å²) in [4.78, 5) is 12.1. The van der Waals surface area contributed by atoms with Gasteiger partial charge in [-0.05, 0) is 56.4 Å². The fraction of sp³-hybridized carbons (Fsp3) is 0.435. The second-order valence-corrected chi connectivity index (χ2v) is 9.94. The summed E-state index contributed by atoms with van der Waals surface area (Å²) in [7, 11) is -2.57. The van der Waals surface area contributed by atoms with Gasteiger partial charge in [0.15, 0.2) is 0 Å². The van der Waals surface area contributed by atoms with E-state index in [0.29, 0.717) is 12.0 Å². The number of carbonyl (C=O) groups excluding carboxylic acids is 1. The van der Waals surface area contributed by atoms with Crippen molar-refractivity contribution >= 4 is 16.0 Å². The third-order valence-corrected chi connectivity index (χ3v) is 7.65. The molecule has 0 bridgehead atoms. The van der Waals surface area contributed by atoms with Gasteiger partial charge in [-0.1, -0.05) is 30.7 Å². The Morgan fingerprint density at radius 2 is 1.87 bits per heavy atom. The maximum atomic E-state index is 13.3. The summed E-state index contributed by atoms with van der Waals surface area (Å²) in [6.45, 7) is 1.75. The topological polar surface area (TPSA) is 81.7 Å². The molecule has 0 aromatic heterocycles. The van der Waals surface area contributed by atoms with Crippen LogP contribution in [0.4, 0.5) is 0 Å². The number of hydrogen-bond donors (Lipinski definition) is 1. The summed E-state index contributed by atoms with van der Waals surface area (Å²) in [5.74, 6) is 0.194. The molecule has 1 atom stereocenters. The maximum absolute atomic E-state index is 13.3. The number of aryl methyl sites for hydroxylation is 1. The highest BCUT2D eigenvalue weighted by atomic mass is 32.2. The summed E-state index contributed by atoms with van der Waals surface area (Å²) < 4.78 is 40.6. The standard InChI is InChI=1S/C23H27NO5S/c1-16-10-11-17(14-19(16)22(25)28-2)30(26,27)24-20-15-23(12-6-3-7-13-23)29-21-9-5-4-8-18(20)21/h4-5,8-11,14,20,24H,3,6-7,12-13,15H2,1-2H3/t20-/m0/s1. The van der Waals surface area contributed by atoms with Crippen molar-refractivity contribution in [2.45, 2.75) is 62.0 Å². The molecule has 0 saturated heterocycles. The Hall–Kier alpha value is -2.38. The van der Waals surface area contributed by atoms with Crippen LogP contribution in [0.1, 0.15) is 66.1 Å². The minimum atomic E-state index is -3.85. The Kier molecular flexibility index (Phi) is 5.59. The second kappa shape index (κ2) is 8.04. The highest BCUT2D eigenvalue weighted by Crippen LogP contribution is 2.46. The van der Waals surface area contributed by atoms with Gasteiger partial charge >= 0.3 is 5.97 Å². The number of methoxy groups -OCH3 is 1. The van der Waals surface area contributed by atoms with Crippen LogP contribution >= 0.6 is 0 Å². The lowest BCUT2D eigenvalue weighted by Crippen LogP contribution is -2.46. The molecule has 1 aliphatic heterocycles. The average molecular weight is 430 g/mol. The number of nitrogens with one attached hydrogen (secondary N) is 1. The fourth-order valence-corrected chi connectivity index (χ4v) is 5.82. The predicted octanol–water partition coefficient (Wildman–Crippen LogP) is 4.29. The van der Waals surface area contributed by atoms with Gasteiger partial charge < -0.3 is 9.47 Å². The first-order valence-electron chi connectivity index (χ1n) is 10.3. The summed E-state index contributed by atoms with van der Waals surface area (Å²) in [5.41, 5.74) is 1.43. The zero-order valence-electron chi connectivity index (χ0n) is 17.3. The van der Waals surface area contributed by atoms with Crippen molar-refractivity contribution in [3.63, 3.8) is 0 Å². The molecule has 2 aromatic rings. The van der Waals surface area contributed by atoms with Gasteiger partial charge in [0.05, 0.1) is 23.6 Å². The van der Waals surface area contributed by atoms with Crippen molar-refractivity contribution in [1.29, 1.82) is 0 Å². The van der Waals surface area contributed by atoms with Crippen LogP contribution in [0.3, 0.4) is 0 Å². The molecular weight excluding hydrogens is 402 g/mol. The van der Waals surface area contributed by atoms with E-state index < -0.39 is 16.0 Å². The van der Waals surface area contributed by atoms with Crippen LogP contribution in [0.15, 0.2) is 47.4 Å². The van der Waals surface area contributed by atoms with E-state index in [4.69, 9.17) is 9.47 Å². The van der Waals surface area contributed by atoms with Gasteiger partial charge in [0.1, 0.15) is 11.4 Å². The van der Waals surface area contributed by atoms with Gasteiger partial charge in [-0.15, -0.1) is 0 Å². The predicted molar refractivity (Wildman–Crippen MR) is 113 cm³/mol. The molecule has 0 amide bonds. The Bertz CT molecular complexity index is 1060. The molecule has 1 N–H and O–H groups in total. The van der Waals surface area contributed by atoms with Gasteiger partial charge in [-0.2, -0.15) is 0 Å². The summed E-state index contributed by atoms with van der Waals surface area (Å²) in [6.07, 6.45) is 5.80. The number of sulfonamides is 1. The molecule has 160 valence electrons. The molecule has 4 rings (SSSR count). The fourth-order valence-electron chi connectivity index (χ4n) is 4.58. The smallest absolute Gasteiger partial charge is 0.338 e. The van der Waals surface area contributed by atoms with Crippen LogP contribution in [-0.4, -0.2) is 27.1 Å². The Labute approximate surface area is 177 Å². The van der Waals surface area contributed by atoms with Gasteiger partial charge in [0.25, 0.3) is 0 Å². The third-order valence-electron chi connectivity index (χ3n) is 6.18. The number of fused-ring (bicyclic) bond motifs is 1. The molecule has 30 heavy (non-hydrogen) atoms. The largest absolute Gasteiger partial charge is 0.487 e. The van der Waals surface area contributed by atoms with Crippen molar-refractivity contribution < 1.29 is 22.7 Å². The quantitative estimate of drug-likeness (QED) is 0.734. The molecule has 1 saturated carbocycles. The first-order valence-corrected chi connectivity index (χ1v) is 11.8. The van der Waals surface area contributed by atoms with Crippen LogP contribution in [0, 0.1) is 6.92 Å². The highest BCUT2D eigenvalue weighted by molar-refractivity contribution is 7.89. The molecule has 6 nitrogen and oxygen atoms in total. The minimum Gasteiger partial charge on any atom is -0.487 e. The maximum Gasteiger partial charge on any atom is 0.338 e. The van der Waals surface area contributed by atoms with E-state index in [1.807, 2.05) is 24.3 Å². The van der Waals surface area contributed by atoms with E-state index >= 15 is 0 Å². The number of benzene rings is 2. The van der Waals surface area contributed by atoms with Gasteiger partial charge in [-0.3, -0.25) is 0 Å². The number of hydrogen-bond acceptors (Lipinski definition) is 5. The number of para-hydroxylation sites is 1. The van der Waals surface area contributed by atoms with Gasteiger partial charge in [0, 0.05) is 12.0 Å². The average Bonchev–Trinajstić information content (AvgIpc) is 2.73. The minimum absolute atomic E-state index is 0.0511. The Morgan fingerprint density at radius 3 is 2.60 bits per heavy atom. The highest BCUT2D eigenvalue weighted by Gasteiger charge is 2.43. The zero-order valence-corrected chi connectivity index (χ0v) is 18.1. The van der Waals surface area contributed by atoms with E-state index in [9.17, 15) is 13.2 Å². The zero-order chi connectivity index (χ0) is 21.4. The van der Waals surface area contributed by atoms with Crippen LogP contribution in [0.5, 0.6) is 5.75 Å². The molecular formula is C23H27NO5S. The Balaban J connectivity index is 1.68. The van der Waals surface area contributed by atoms with Crippen LogP contribution in [-0.2, 0) is 14.8 Å². The molecule has 1 heterocycles. The first-order chi connectivity index (χ1) is 14.3. The summed E-state index contributed by atoms with van der Waals surface area (Å²) in [6, 6.07) is 11.8. The molecule has 1 fully saturated rings. The second-order valence-electron chi connectivity index (χ2n) is 8.23. The normalized spacial score (nSPS) is 20.3. The van der Waals surface area contributed by atoms with Crippen LogP contribution in [0.2, 0.25) is 0 Å². The molecule has 0 unspecified atom stereocenters. The van der Waals surface area contributed by atoms with Gasteiger partial charge in [0.2, 0.25) is 10.0 Å². The summed E-state index contributed by atoms with van der Waals surface area (Å²) in [5, 5.41) is 0. The van der Waals surface area contributed by atoms with Crippen molar-refractivity contribution in [1.82, 2.24) is 4.72 Å². The molecule has 1 aliphatic carbocycles. The van der Waals surface area contributed by atoms with Crippen molar-refractivity contribution in [2.24, 2.45) is 0 Å².